The third kappa shape index (κ3) is 3.36. The second kappa shape index (κ2) is 7.01. The average molecular weight is 330 g/mol. The summed E-state index contributed by atoms with van der Waals surface area (Å²) in [5.41, 5.74) is 0.754. The normalized spacial score (nSPS) is 29.3. The zero-order valence-electron chi connectivity index (χ0n) is 14.1. The Morgan fingerprint density at radius 3 is 2.58 bits per heavy atom. The third-order valence-electron chi connectivity index (χ3n) is 5.57. The van der Waals surface area contributed by atoms with Crippen molar-refractivity contribution in [3.8, 4) is 5.75 Å². The molecule has 2 saturated heterocycles. The quantitative estimate of drug-likeness (QED) is 0.923. The van der Waals surface area contributed by atoms with Gasteiger partial charge >= 0.3 is 6.03 Å². The van der Waals surface area contributed by atoms with E-state index in [9.17, 15) is 4.79 Å². The minimum absolute atomic E-state index is 0.00289. The van der Waals surface area contributed by atoms with E-state index in [1.54, 1.807) is 0 Å². The van der Waals surface area contributed by atoms with Gasteiger partial charge in [0.05, 0.1) is 18.9 Å². The van der Waals surface area contributed by atoms with Crippen LogP contribution in [-0.4, -0.2) is 43.3 Å². The molecular weight excluding hydrogens is 304 g/mol. The molecule has 4 rings (SSSR count). The number of hydrogen-bond acceptors (Lipinski definition) is 3. The first-order valence-electron chi connectivity index (χ1n) is 9.19. The van der Waals surface area contributed by atoms with Crippen molar-refractivity contribution >= 4 is 11.7 Å². The molecule has 2 amide bonds. The molecule has 1 aliphatic carbocycles. The lowest BCUT2D eigenvalue weighted by molar-refractivity contribution is 0.142. The van der Waals surface area contributed by atoms with E-state index in [1.807, 2.05) is 29.2 Å². The molecule has 0 spiro atoms. The van der Waals surface area contributed by atoms with Crippen molar-refractivity contribution in [3.05, 3.63) is 24.3 Å². The first-order chi connectivity index (χ1) is 11.8. The standard InChI is InChI=1S/C19H26N2O3/c22-19(21-11-14-5-1-2-6-15(14)12-21)20-17-7-3-4-8-18(17)24-16-9-10-23-13-16/h3-4,7-8,14-16H,1-2,5-6,9-13H2,(H,20,22)/t14-,15+,16-/m0/s1. The molecular formula is C19H26N2O3. The number of carbonyl (C=O) groups is 1. The van der Waals surface area contributed by atoms with E-state index in [0.717, 1.165) is 37.6 Å². The van der Waals surface area contributed by atoms with Gasteiger partial charge in [0, 0.05) is 19.5 Å². The molecule has 1 aromatic carbocycles. The van der Waals surface area contributed by atoms with Gasteiger partial charge in [-0.3, -0.25) is 0 Å². The predicted octanol–water partition coefficient (Wildman–Crippen LogP) is 3.51. The van der Waals surface area contributed by atoms with Gasteiger partial charge < -0.3 is 19.7 Å². The molecule has 1 saturated carbocycles. The van der Waals surface area contributed by atoms with E-state index in [2.05, 4.69) is 5.32 Å². The fourth-order valence-corrected chi connectivity index (χ4v) is 4.22. The first kappa shape index (κ1) is 15.8. The molecule has 0 aromatic heterocycles. The number of carbonyl (C=O) groups excluding carboxylic acids is 1. The Balaban J connectivity index is 1.40. The SMILES string of the molecule is O=C(Nc1ccccc1O[C@H]1CCOC1)N1C[C@H]2CCCC[C@H]2C1. The van der Waals surface area contributed by atoms with E-state index in [1.165, 1.54) is 25.7 Å². The van der Waals surface area contributed by atoms with Gasteiger partial charge in [-0.05, 0) is 36.8 Å². The largest absolute Gasteiger partial charge is 0.486 e. The molecule has 1 aromatic rings. The molecule has 0 bridgehead atoms. The number of benzene rings is 1. The first-order valence-corrected chi connectivity index (χ1v) is 9.19. The molecule has 5 nitrogen and oxygen atoms in total. The van der Waals surface area contributed by atoms with Crippen LogP contribution in [0.25, 0.3) is 0 Å². The van der Waals surface area contributed by atoms with Gasteiger partial charge in [-0.25, -0.2) is 4.79 Å². The molecule has 3 atom stereocenters. The maximum Gasteiger partial charge on any atom is 0.321 e. The van der Waals surface area contributed by atoms with Gasteiger partial charge in [0.15, 0.2) is 0 Å². The number of urea groups is 1. The van der Waals surface area contributed by atoms with Gasteiger partial charge in [0.25, 0.3) is 0 Å². The second-order valence-corrected chi connectivity index (χ2v) is 7.24. The zero-order valence-corrected chi connectivity index (χ0v) is 14.1. The van der Waals surface area contributed by atoms with Crippen LogP contribution < -0.4 is 10.1 Å². The second-order valence-electron chi connectivity index (χ2n) is 7.24. The Morgan fingerprint density at radius 2 is 1.88 bits per heavy atom. The number of nitrogens with zero attached hydrogens (tertiary/aromatic N) is 1. The molecule has 2 heterocycles. The molecule has 3 aliphatic rings. The Morgan fingerprint density at radius 1 is 1.12 bits per heavy atom. The number of rotatable bonds is 3. The average Bonchev–Trinajstić information content (AvgIpc) is 3.25. The summed E-state index contributed by atoms with van der Waals surface area (Å²) in [7, 11) is 0. The van der Waals surface area contributed by atoms with Crippen LogP contribution in [0.4, 0.5) is 10.5 Å². The Kier molecular flexibility index (Phi) is 4.60. The minimum atomic E-state index is 0.00289. The number of nitrogens with one attached hydrogen (secondary N) is 1. The van der Waals surface area contributed by atoms with Crippen molar-refractivity contribution in [1.29, 1.82) is 0 Å². The topological polar surface area (TPSA) is 50.8 Å². The van der Waals surface area contributed by atoms with Crippen LogP contribution in [0.2, 0.25) is 0 Å². The Hall–Kier alpha value is -1.75. The highest BCUT2D eigenvalue weighted by atomic mass is 16.5. The predicted molar refractivity (Wildman–Crippen MR) is 92.3 cm³/mol. The van der Waals surface area contributed by atoms with Gasteiger partial charge in [0.1, 0.15) is 11.9 Å². The summed E-state index contributed by atoms with van der Waals surface area (Å²) in [6.07, 6.45) is 6.16. The highest BCUT2D eigenvalue weighted by Gasteiger charge is 2.36. The molecule has 0 radical (unpaired) electrons. The van der Waals surface area contributed by atoms with Gasteiger partial charge in [-0.1, -0.05) is 25.0 Å². The van der Waals surface area contributed by atoms with Crippen molar-refractivity contribution < 1.29 is 14.3 Å². The molecule has 3 fully saturated rings. The molecule has 2 aliphatic heterocycles. The van der Waals surface area contributed by atoms with E-state index in [-0.39, 0.29) is 12.1 Å². The molecule has 1 N–H and O–H groups in total. The monoisotopic (exact) mass is 330 g/mol. The Labute approximate surface area is 143 Å². The summed E-state index contributed by atoms with van der Waals surface area (Å²) in [5.74, 6) is 2.14. The third-order valence-corrected chi connectivity index (χ3v) is 5.57. The van der Waals surface area contributed by atoms with Crippen LogP contribution in [0, 0.1) is 11.8 Å². The number of fused-ring (bicyclic) bond motifs is 1. The van der Waals surface area contributed by atoms with Crippen LogP contribution in [0.5, 0.6) is 5.75 Å². The number of anilines is 1. The lowest BCUT2D eigenvalue weighted by Gasteiger charge is -2.22. The minimum Gasteiger partial charge on any atom is -0.486 e. The fourth-order valence-electron chi connectivity index (χ4n) is 4.22. The van der Waals surface area contributed by atoms with Crippen molar-refractivity contribution in [1.82, 2.24) is 4.90 Å². The molecule has 5 heteroatoms. The van der Waals surface area contributed by atoms with Crippen LogP contribution in [0.15, 0.2) is 24.3 Å². The smallest absolute Gasteiger partial charge is 0.321 e. The van der Waals surface area contributed by atoms with E-state index >= 15 is 0 Å². The van der Waals surface area contributed by atoms with Crippen molar-refractivity contribution in [2.75, 3.05) is 31.6 Å². The zero-order chi connectivity index (χ0) is 16.4. The fraction of sp³-hybridized carbons (Fsp3) is 0.632. The van der Waals surface area contributed by atoms with Crippen LogP contribution in [0.3, 0.4) is 0 Å². The summed E-state index contributed by atoms with van der Waals surface area (Å²) < 4.78 is 11.4. The summed E-state index contributed by atoms with van der Waals surface area (Å²) in [6, 6.07) is 7.69. The molecule has 0 unspecified atom stereocenters. The van der Waals surface area contributed by atoms with Gasteiger partial charge in [-0.15, -0.1) is 0 Å². The number of hydrogen-bond donors (Lipinski definition) is 1. The van der Waals surface area contributed by atoms with Crippen LogP contribution in [-0.2, 0) is 4.74 Å². The number of likely N-dealkylation sites (tertiary alicyclic amines) is 1. The van der Waals surface area contributed by atoms with Gasteiger partial charge in [0.2, 0.25) is 0 Å². The van der Waals surface area contributed by atoms with Crippen molar-refractivity contribution in [3.63, 3.8) is 0 Å². The molecule has 24 heavy (non-hydrogen) atoms. The summed E-state index contributed by atoms with van der Waals surface area (Å²) in [6.45, 7) is 3.17. The lowest BCUT2D eigenvalue weighted by atomic mass is 9.82. The summed E-state index contributed by atoms with van der Waals surface area (Å²) in [4.78, 5) is 14.7. The van der Waals surface area contributed by atoms with Crippen LogP contribution >= 0.6 is 0 Å². The van der Waals surface area contributed by atoms with E-state index < -0.39 is 0 Å². The van der Waals surface area contributed by atoms with Gasteiger partial charge in [-0.2, -0.15) is 0 Å². The molecule has 130 valence electrons. The summed E-state index contributed by atoms with van der Waals surface area (Å²) in [5, 5.41) is 3.06. The summed E-state index contributed by atoms with van der Waals surface area (Å²) >= 11 is 0. The van der Waals surface area contributed by atoms with Crippen LogP contribution in [0.1, 0.15) is 32.1 Å². The maximum absolute atomic E-state index is 12.7. The van der Waals surface area contributed by atoms with E-state index in [0.29, 0.717) is 18.4 Å². The number of amides is 2. The number of para-hydroxylation sites is 2. The highest BCUT2D eigenvalue weighted by Crippen LogP contribution is 2.36. The van der Waals surface area contributed by atoms with Crippen molar-refractivity contribution in [2.45, 2.75) is 38.2 Å². The highest BCUT2D eigenvalue weighted by molar-refractivity contribution is 5.91. The number of ether oxygens (including phenoxy) is 2. The Bertz CT molecular complexity index is 572. The van der Waals surface area contributed by atoms with E-state index in [4.69, 9.17) is 9.47 Å². The lowest BCUT2D eigenvalue weighted by Crippen LogP contribution is -2.33. The van der Waals surface area contributed by atoms with Crippen molar-refractivity contribution in [2.24, 2.45) is 11.8 Å². The maximum atomic E-state index is 12.7.